The first kappa shape index (κ1) is 12.5. The second-order valence-electron chi connectivity index (χ2n) is 5.86. The molecular weight excluding hydrogens is 244 g/mol. The summed E-state index contributed by atoms with van der Waals surface area (Å²) in [5.74, 6) is 1.76. The second-order valence-corrected chi connectivity index (χ2v) is 5.86. The molecule has 0 amide bonds. The molecule has 3 rings (SSSR count). The maximum Gasteiger partial charge on any atom is 0.331 e. The number of hydrogen-bond acceptors (Lipinski definition) is 3. The van der Waals surface area contributed by atoms with Crippen molar-refractivity contribution in [3.05, 3.63) is 26.4 Å². The molecule has 5 heteroatoms. The van der Waals surface area contributed by atoms with E-state index in [1.807, 2.05) is 0 Å². The van der Waals surface area contributed by atoms with Crippen LogP contribution in [0, 0.1) is 17.8 Å². The first-order chi connectivity index (χ1) is 9.11. The van der Waals surface area contributed by atoms with E-state index in [4.69, 9.17) is 0 Å². The maximum atomic E-state index is 11.9. The third kappa shape index (κ3) is 2.33. The average molecular weight is 264 g/mol. The molecule has 2 aliphatic rings. The minimum absolute atomic E-state index is 0.137. The Morgan fingerprint density at radius 1 is 1.26 bits per heavy atom. The van der Waals surface area contributed by atoms with Gasteiger partial charge in [-0.3, -0.25) is 14.3 Å². The lowest BCUT2D eigenvalue weighted by molar-refractivity contribution is 0.307. The molecule has 5 nitrogen and oxygen atoms in total. The summed E-state index contributed by atoms with van der Waals surface area (Å²) in [6, 6.07) is 0. The fourth-order valence-corrected chi connectivity index (χ4v) is 3.03. The van der Waals surface area contributed by atoms with Crippen LogP contribution in [0.1, 0.15) is 38.2 Å². The van der Waals surface area contributed by atoms with Crippen LogP contribution in [0.25, 0.3) is 0 Å². The molecule has 0 atom stereocenters. The Bertz CT molecular complexity index is 582. The zero-order chi connectivity index (χ0) is 13.6. The maximum absolute atomic E-state index is 11.9. The normalized spacial score (nSPS) is 19.1. The number of aromatic nitrogens is 2. The van der Waals surface area contributed by atoms with Crippen molar-refractivity contribution < 1.29 is 5.11 Å². The van der Waals surface area contributed by atoms with Crippen molar-refractivity contribution in [2.45, 2.75) is 45.6 Å². The highest BCUT2D eigenvalue weighted by atomic mass is 16.3. The number of nitrogens with one attached hydrogen (secondary N) is 1. The summed E-state index contributed by atoms with van der Waals surface area (Å²) >= 11 is 0. The van der Waals surface area contributed by atoms with Gasteiger partial charge in [0.05, 0.1) is 5.56 Å². The van der Waals surface area contributed by atoms with E-state index in [-0.39, 0.29) is 5.88 Å². The number of rotatable bonds is 5. The molecular formula is C14H20N2O3. The molecule has 0 unspecified atom stereocenters. The van der Waals surface area contributed by atoms with Gasteiger partial charge in [0, 0.05) is 6.54 Å². The van der Waals surface area contributed by atoms with Crippen molar-refractivity contribution in [1.29, 1.82) is 0 Å². The molecule has 2 N–H and O–H groups in total. The molecule has 104 valence electrons. The molecule has 0 spiro atoms. The zero-order valence-electron chi connectivity index (χ0n) is 11.2. The highest BCUT2D eigenvalue weighted by Gasteiger charge is 2.41. The quantitative estimate of drug-likeness (QED) is 0.840. The third-order valence-corrected chi connectivity index (χ3v) is 4.47. The van der Waals surface area contributed by atoms with E-state index >= 15 is 0 Å². The van der Waals surface area contributed by atoms with Crippen LogP contribution >= 0.6 is 0 Å². The highest BCUT2D eigenvalue weighted by Crippen LogP contribution is 2.49. The fraction of sp³-hybridized carbons (Fsp3) is 0.714. The van der Waals surface area contributed by atoms with E-state index < -0.39 is 11.2 Å². The lowest BCUT2D eigenvalue weighted by Crippen LogP contribution is -2.34. The summed E-state index contributed by atoms with van der Waals surface area (Å²) in [6.45, 7) is 2.35. The molecule has 0 saturated heterocycles. The van der Waals surface area contributed by atoms with Crippen LogP contribution in [0.3, 0.4) is 0 Å². The van der Waals surface area contributed by atoms with E-state index in [2.05, 4.69) is 4.98 Å². The number of hydrogen-bond donors (Lipinski definition) is 2. The van der Waals surface area contributed by atoms with Crippen molar-refractivity contribution in [3.63, 3.8) is 0 Å². The summed E-state index contributed by atoms with van der Waals surface area (Å²) < 4.78 is 1.36. The van der Waals surface area contributed by atoms with E-state index in [0.717, 1.165) is 0 Å². The Balaban J connectivity index is 1.95. The van der Waals surface area contributed by atoms with Gasteiger partial charge in [-0.15, -0.1) is 0 Å². The molecule has 1 aromatic rings. The molecule has 2 saturated carbocycles. The Morgan fingerprint density at radius 2 is 1.84 bits per heavy atom. The van der Waals surface area contributed by atoms with Crippen LogP contribution in [0.2, 0.25) is 0 Å². The minimum atomic E-state index is -0.481. The summed E-state index contributed by atoms with van der Waals surface area (Å²) in [5.41, 5.74) is -0.633. The van der Waals surface area contributed by atoms with E-state index in [0.29, 0.717) is 36.3 Å². The van der Waals surface area contributed by atoms with Gasteiger partial charge in [-0.25, -0.2) is 4.79 Å². The molecule has 0 aromatic carbocycles. The minimum Gasteiger partial charge on any atom is -0.494 e. The first-order valence-electron chi connectivity index (χ1n) is 7.16. The SMILES string of the molecule is CCc1c(O)n(CC(C2CC2)C2CC2)c(=O)[nH]c1=O. The zero-order valence-corrected chi connectivity index (χ0v) is 11.2. The van der Waals surface area contributed by atoms with Crippen LogP contribution < -0.4 is 11.2 Å². The molecule has 0 aliphatic heterocycles. The Labute approximate surface area is 111 Å². The molecule has 19 heavy (non-hydrogen) atoms. The van der Waals surface area contributed by atoms with Crippen molar-refractivity contribution in [2.75, 3.05) is 0 Å². The van der Waals surface area contributed by atoms with Crippen LogP contribution in [-0.4, -0.2) is 14.7 Å². The smallest absolute Gasteiger partial charge is 0.331 e. The van der Waals surface area contributed by atoms with Gasteiger partial charge in [0.1, 0.15) is 0 Å². The van der Waals surface area contributed by atoms with E-state index in [1.165, 1.54) is 30.3 Å². The Kier molecular flexibility index (Phi) is 2.99. The van der Waals surface area contributed by atoms with Gasteiger partial charge in [0.25, 0.3) is 5.56 Å². The van der Waals surface area contributed by atoms with Gasteiger partial charge in [-0.2, -0.15) is 0 Å². The number of aromatic hydroxyl groups is 1. The predicted octanol–water partition coefficient (Wildman–Crippen LogP) is 1.24. The Morgan fingerprint density at radius 3 is 2.32 bits per heavy atom. The summed E-state index contributed by atoms with van der Waals surface area (Å²) in [7, 11) is 0. The van der Waals surface area contributed by atoms with Gasteiger partial charge < -0.3 is 5.11 Å². The summed E-state index contributed by atoms with van der Waals surface area (Å²) in [5, 5.41) is 10.1. The molecule has 2 aliphatic carbocycles. The predicted molar refractivity (Wildman–Crippen MR) is 71.3 cm³/mol. The lowest BCUT2D eigenvalue weighted by atomic mass is 9.98. The second kappa shape index (κ2) is 4.54. The molecule has 0 bridgehead atoms. The molecule has 2 fully saturated rings. The van der Waals surface area contributed by atoms with Gasteiger partial charge in [0.15, 0.2) is 0 Å². The summed E-state index contributed by atoms with van der Waals surface area (Å²) in [6.07, 6.45) is 5.38. The van der Waals surface area contributed by atoms with E-state index in [1.54, 1.807) is 6.92 Å². The third-order valence-electron chi connectivity index (χ3n) is 4.47. The van der Waals surface area contributed by atoms with Gasteiger partial charge in [0.2, 0.25) is 5.88 Å². The average Bonchev–Trinajstić information content (AvgIpc) is 3.23. The van der Waals surface area contributed by atoms with E-state index in [9.17, 15) is 14.7 Å². The van der Waals surface area contributed by atoms with Crippen molar-refractivity contribution in [2.24, 2.45) is 17.8 Å². The van der Waals surface area contributed by atoms with Gasteiger partial charge in [-0.1, -0.05) is 6.92 Å². The summed E-state index contributed by atoms with van der Waals surface area (Å²) in [4.78, 5) is 25.8. The number of nitrogens with zero attached hydrogens (tertiary/aromatic N) is 1. The van der Waals surface area contributed by atoms with Crippen LogP contribution in [0.4, 0.5) is 0 Å². The van der Waals surface area contributed by atoms with Gasteiger partial charge >= 0.3 is 5.69 Å². The largest absolute Gasteiger partial charge is 0.494 e. The number of H-pyrrole nitrogens is 1. The topological polar surface area (TPSA) is 75.1 Å². The molecule has 1 aromatic heterocycles. The van der Waals surface area contributed by atoms with Crippen molar-refractivity contribution >= 4 is 0 Å². The highest BCUT2D eigenvalue weighted by molar-refractivity contribution is 5.22. The standard InChI is InChI=1S/C14H20N2O3/c1-2-10-12(17)15-14(19)16(13(10)18)7-11(8-3-4-8)9-5-6-9/h8-9,11,18H,2-7H2,1H3,(H,15,17,19). The first-order valence-corrected chi connectivity index (χ1v) is 7.16. The monoisotopic (exact) mass is 264 g/mol. The van der Waals surface area contributed by atoms with Crippen LogP contribution in [0.5, 0.6) is 5.88 Å². The van der Waals surface area contributed by atoms with Crippen LogP contribution in [-0.2, 0) is 13.0 Å². The van der Waals surface area contributed by atoms with Crippen molar-refractivity contribution in [1.82, 2.24) is 9.55 Å². The Hall–Kier alpha value is -1.52. The molecule has 0 radical (unpaired) electrons. The lowest BCUT2D eigenvalue weighted by Gasteiger charge is -2.18. The molecule has 1 heterocycles. The van der Waals surface area contributed by atoms with Crippen molar-refractivity contribution in [3.8, 4) is 5.88 Å². The van der Waals surface area contributed by atoms with Crippen LogP contribution in [0.15, 0.2) is 9.59 Å². The fourth-order valence-electron chi connectivity index (χ4n) is 3.03. The van der Waals surface area contributed by atoms with Gasteiger partial charge in [-0.05, 0) is 49.9 Å². The number of aromatic amines is 1.